The molecule has 286 valence electrons. The van der Waals surface area contributed by atoms with Crippen molar-refractivity contribution in [2.24, 2.45) is 5.92 Å². The average Bonchev–Trinajstić information content (AvgIpc) is 3.82. The number of aliphatic hydroxyl groups is 2. The van der Waals surface area contributed by atoms with Gasteiger partial charge in [-0.2, -0.15) is 0 Å². The van der Waals surface area contributed by atoms with E-state index in [0.717, 1.165) is 73.7 Å². The molecule has 11 heteroatoms. The summed E-state index contributed by atoms with van der Waals surface area (Å²) in [4.78, 5) is 29.9. The van der Waals surface area contributed by atoms with Crippen molar-refractivity contribution in [3.8, 4) is 5.75 Å². The van der Waals surface area contributed by atoms with Gasteiger partial charge in [0.1, 0.15) is 18.0 Å². The molecule has 2 heterocycles. The van der Waals surface area contributed by atoms with Crippen LogP contribution in [0.5, 0.6) is 5.75 Å². The maximum atomic E-state index is 14.2. The summed E-state index contributed by atoms with van der Waals surface area (Å²) in [6, 6.07) is 23.7. The Morgan fingerprint density at radius 3 is 2.40 bits per heavy atom. The lowest BCUT2D eigenvalue weighted by Gasteiger charge is -2.33. The van der Waals surface area contributed by atoms with Crippen LogP contribution in [0.15, 0.2) is 78.9 Å². The predicted octanol–water partition coefficient (Wildman–Crippen LogP) is 4.38. The zero-order valence-corrected chi connectivity index (χ0v) is 31.0. The molecule has 11 nitrogen and oxygen atoms in total. The van der Waals surface area contributed by atoms with Crippen LogP contribution in [0.25, 0.3) is 0 Å². The third kappa shape index (κ3) is 10.8. The number of nitrogens with one attached hydrogen (secondary N) is 2. The van der Waals surface area contributed by atoms with Crippen LogP contribution in [0.4, 0.5) is 4.79 Å². The molecular formula is C42H55N3O8. The van der Waals surface area contributed by atoms with Gasteiger partial charge in [-0.25, -0.2) is 4.79 Å². The Hall–Kier alpha value is -4.00. The van der Waals surface area contributed by atoms with Crippen LogP contribution >= 0.6 is 0 Å². The molecule has 53 heavy (non-hydrogen) atoms. The highest BCUT2D eigenvalue weighted by Crippen LogP contribution is 2.32. The van der Waals surface area contributed by atoms with Crippen LogP contribution in [-0.2, 0) is 38.3 Å². The molecule has 2 amide bonds. The highest BCUT2D eigenvalue weighted by atomic mass is 16.6. The molecule has 6 rings (SSSR count). The van der Waals surface area contributed by atoms with Gasteiger partial charge in [-0.3, -0.25) is 9.69 Å². The molecule has 2 saturated heterocycles. The quantitative estimate of drug-likeness (QED) is 0.169. The van der Waals surface area contributed by atoms with Crippen molar-refractivity contribution in [3.63, 3.8) is 0 Å². The second-order valence-corrected chi connectivity index (χ2v) is 15.0. The molecule has 0 radical (unpaired) electrons. The monoisotopic (exact) mass is 729 g/mol. The summed E-state index contributed by atoms with van der Waals surface area (Å²) in [5.41, 5.74) is 2.86. The highest BCUT2D eigenvalue weighted by Gasteiger charge is 2.38. The standard InChI is InChI=1S/C42H55N3O8/c1-42(2,38-13-8-21-52-38)53-41(49)43-35(26-29-9-4-3-5-10-29)36(46)28-32(40(48)44-39-34-12-7-6-11-31(34)27-37(39)47)25-30-14-16-33(17-15-30)51-24-20-45-18-22-50-23-19-45/h3-7,9-12,14-17,32,35-39,46-47H,8,13,18-28H2,1-2H3,(H,43,49)(H,44,48)/t32-,35+,36+,37-,38?,39+/m1/s1. The van der Waals surface area contributed by atoms with Crippen LogP contribution in [-0.4, -0.2) is 103 Å². The second kappa shape index (κ2) is 18.4. The number of ether oxygens (including phenoxy) is 4. The topological polar surface area (TPSA) is 139 Å². The van der Waals surface area contributed by atoms with Crippen molar-refractivity contribution < 1.29 is 38.7 Å². The smallest absolute Gasteiger partial charge is 0.408 e. The van der Waals surface area contributed by atoms with Crippen LogP contribution in [0.3, 0.4) is 0 Å². The summed E-state index contributed by atoms with van der Waals surface area (Å²) in [7, 11) is 0. The largest absolute Gasteiger partial charge is 0.492 e. The minimum absolute atomic E-state index is 0.0566. The number of hydrogen-bond acceptors (Lipinski definition) is 9. The summed E-state index contributed by atoms with van der Waals surface area (Å²) in [5, 5.41) is 28.9. The number of morpholine rings is 1. The van der Waals surface area contributed by atoms with Gasteiger partial charge < -0.3 is 39.8 Å². The number of carbonyl (C=O) groups excluding carboxylic acids is 2. The Labute approximate surface area is 313 Å². The first-order valence-electron chi connectivity index (χ1n) is 19.1. The van der Waals surface area contributed by atoms with Crippen molar-refractivity contribution in [2.75, 3.05) is 46.1 Å². The van der Waals surface area contributed by atoms with Gasteiger partial charge in [-0.15, -0.1) is 0 Å². The van der Waals surface area contributed by atoms with Gasteiger partial charge in [0.05, 0.1) is 43.6 Å². The fraction of sp³-hybridized carbons (Fsp3) is 0.524. The summed E-state index contributed by atoms with van der Waals surface area (Å²) < 4.78 is 23.1. The van der Waals surface area contributed by atoms with Gasteiger partial charge >= 0.3 is 6.09 Å². The summed E-state index contributed by atoms with van der Waals surface area (Å²) in [6.45, 7) is 8.96. The van der Waals surface area contributed by atoms with Crippen LogP contribution in [0, 0.1) is 5.92 Å². The molecule has 4 N–H and O–H groups in total. The fourth-order valence-corrected chi connectivity index (χ4v) is 7.64. The third-order valence-electron chi connectivity index (χ3n) is 10.7. The van der Waals surface area contributed by atoms with E-state index in [0.29, 0.717) is 32.5 Å². The molecule has 1 unspecified atom stereocenters. The lowest BCUT2D eigenvalue weighted by molar-refractivity contribution is -0.127. The SMILES string of the molecule is CC(C)(OC(=O)N[C@@H](Cc1ccccc1)[C@@H](O)C[C@@H](Cc1ccc(OCCN2CCOCC2)cc1)C(=O)N[C@H]1c2ccccc2C[C@H]1O)C1CCCO1. The van der Waals surface area contributed by atoms with E-state index in [4.69, 9.17) is 18.9 Å². The Balaban J connectivity index is 1.17. The first kappa shape index (κ1) is 38.7. The molecule has 0 aromatic heterocycles. The maximum Gasteiger partial charge on any atom is 0.408 e. The van der Waals surface area contributed by atoms with Gasteiger partial charge in [0.25, 0.3) is 0 Å². The molecule has 0 saturated carbocycles. The number of hydrogen-bond donors (Lipinski definition) is 4. The first-order valence-corrected chi connectivity index (χ1v) is 19.1. The summed E-state index contributed by atoms with van der Waals surface area (Å²) in [6.07, 6.45) is 0.153. The van der Waals surface area contributed by atoms with E-state index in [2.05, 4.69) is 15.5 Å². The number of rotatable bonds is 16. The minimum atomic E-state index is -1.10. The van der Waals surface area contributed by atoms with E-state index in [9.17, 15) is 19.8 Å². The fourth-order valence-electron chi connectivity index (χ4n) is 7.64. The van der Waals surface area contributed by atoms with E-state index in [1.54, 1.807) is 0 Å². The molecular weight excluding hydrogens is 674 g/mol. The number of aliphatic hydroxyl groups excluding tert-OH is 2. The van der Waals surface area contributed by atoms with Crippen molar-refractivity contribution in [1.82, 2.24) is 15.5 Å². The number of carbonyl (C=O) groups is 2. The molecule has 2 aliphatic heterocycles. The third-order valence-corrected chi connectivity index (χ3v) is 10.7. The van der Waals surface area contributed by atoms with Gasteiger partial charge in [0, 0.05) is 38.6 Å². The van der Waals surface area contributed by atoms with E-state index >= 15 is 0 Å². The second-order valence-electron chi connectivity index (χ2n) is 15.0. The van der Waals surface area contributed by atoms with Crippen molar-refractivity contribution >= 4 is 12.0 Å². The number of benzene rings is 3. The maximum absolute atomic E-state index is 14.2. The summed E-state index contributed by atoms with van der Waals surface area (Å²) in [5.74, 6) is -0.223. The molecule has 0 bridgehead atoms. The molecule has 2 fully saturated rings. The zero-order valence-electron chi connectivity index (χ0n) is 31.0. The van der Waals surface area contributed by atoms with Crippen LogP contribution in [0.2, 0.25) is 0 Å². The Morgan fingerprint density at radius 1 is 0.943 bits per heavy atom. The normalized spacial score (nSPS) is 22.0. The Bertz CT molecular complexity index is 1610. The molecule has 3 aromatic carbocycles. The zero-order chi connectivity index (χ0) is 37.2. The van der Waals surface area contributed by atoms with Crippen molar-refractivity contribution in [1.29, 1.82) is 0 Å². The number of alkyl carbamates (subject to hydrolysis) is 1. The van der Waals surface area contributed by atoms with E-state index < -0.39 is 41.9 Å². The number of amides is 2. The van der Waals surface area contributed by atoms with Crippen LogP contribution in [0.1, 0.15) is 61.4 Å². The summed E-state index contributed by atoms with van der Waals surface area (Å²) >= 11 is 0. The molecule has 0 spiro atoms. The first-order chi connectivity index (χ1) is 25.6. The van der Waals surface area contributed by atoms with Crippen LogP contribution < -0.4 is 15.4 Å². The Kier molecular flexibility index (Phi) is 13.4. The lowest BCUT2D eigenvalue weighted by atomic mass is 9.88. The minimum Gasteiger partial charge on any atom is -0.492 e. The lowest BCUT2D eigenvalue weighted by Crippen LogP contribution is -2.50. The Morgan fingerprint density at radius 2 is 1.66 bits per heavy atom. The van der Waals surface area contributed by atoms with E-state index in [-0.39, 0.29) is 18.4 Å². The van der Waals surface area contributed by atoms with Gasteiger partial charge in [-0.05, 0) is 80.3 Å². The van der Waals surface area contributed by atoms with Crippen molar-refractivity contribution in [3.05, 3.63) is 101 Å². The predicted molar refractivity (Wildman–Crippen MR) is 201 cm³/mol. The van der Waals surface area contributed by atoms with E-state index in [1.807, 2.05) is 92.7 Å². The number of fused-ring (bicyclic) bond motifs is 1. The highest BCUT2D eigenvalue weighted by molar-refractivity contribution is 5.80. The molecule has 3 aromatic rings. The molecule has 1 aliphatic carbocycles. The number of nitrogens with zero attached hydrogens (tertiary/aromatic N) is 1. The van der Waals surface area contributed by atoms with Gasteiger partial charge in [0.2, 0.25) is 5.91 Å². The molecule has 6 atom stereocenters. The van der Waals surface area contributed by atoms with E-state index in [1.165, 1.54) is 0 Å². The van der Waals surface area contributed by atoms with Gasteiger partial charge in [-0.1, -0.05) is 66.7 Å². The van der Waals surface area contributed by atoms with Crippen molar-refractivity contribution in [2.45, 2.75) is 88.4 Å². The average molecular weight is 730 g/mol. The van der Waals surface area contributed by atoms with Gasteiger partial charge in [0.15, 0.2) is 0 Å². The molecule has 3 aliphatic rings.